The first kappa shape index (κ1) is 19.7. The molecule has 1 N–H and O–H groups in total. The predicted molar refractivity (Wildman–Crippen MR) is 101 cm³/mol. The zero-order valence-corrected chi connectivity index (χ0v) is 15.5. The molecule has 0 unspecified atom stereocenters. The van der Waals surface area contributed by atoms with Gasteiger partial charge in [-0.25, -0.2) is 4.79 Å². The van der Waals surface area contributed by atoms with E-state index in [9.17, 15) is 4.79 Å². The monoisotopic (exact) mass is 348 g/mol. The maximum Gasteiger partial charge on any atom is 0.411 e. The van der Waals surface area contributed by atoms with Crippen molar-refractivity contribution in [3.05, 3.63) is 29.8 Å². The highest BCUT2D eigenvalue weighted by Gasteiger charge is 2.12. The molecule has 0 saturated carbocycles. The van der Waals surface area contributed by atoms with Crippen molar-refractivity contribution in [3.63, 3.8) is 0 Å². The fraction of sp³-hybridized carbons (Fsp3) is 0.650. The van der Waals surface area contributed by atoms with E-state index >= 15 is 0 Å². The molecule has 1 aliphatic rings. The minimum Gasteiger partial charge on any atom is -0.448 e. The summed E-state index contributed by atoms with van der Waals surface area (Å²) >= 11 is 0. The first-order chi connectivity index (χ1) is 12.3. The summed E-state index contributed by atoms with van der Waals surface area (Å²) in [5, 5.41) is 2.79. The lowest BCUT2D eigenvalue weighted by molar-refractivity contribution is 0.117. The van der Waals surface area contributed by atoms with Crippen LogP contribution in [0.2, 0.25) is 0 Å². The van der Waals surface area contributed by atoms with Crippen LogP contribution in [0.3, 0.4) is 0 Å². The van der Waals surface area contributed by atoms with Crippen molar-refractivity contribution in [1.82, 2.24) is 4.90 Å². The second kappa shape index (κ2) is 11.9. The number of hydrogen-bond donors (Lipinski definition) is 1. The van der Waals surface area contributed by atoms with Crippen LogP contribution in [0.1, 0.15) is 51.0 Å². The Kier molecular flexibility index (Phi) is 9.37. The number of carbonyl (C=O) groups is 1. The predicted octanol–water partition coefficient (Wildman–Crippen LogP) is 4.43. The molecule has 1 saturated heterocycles. The molecule has 1 aromatic carbocycles. The molecule has 1 heterocycles. The van der Waals surface area contributed by atoms with Crippen LogP contribution in [-0.2, 0) is 16.1 Å². The third-order valence-electron chi connectivity index (χ3n) is 4.42. The van der Waals surface area contributed by atoms with Gasteiger partial charge >= 0.3 is 6.09 Å². The van der Waals surface area contributed by atoms with Gasteiger partial charge in [0.05, 0.1) is 6.61 Å². The van der Waals surface area contributed by atoms with Gasteiger partial charge in [0.25, 0.3) is 0 Å². The van der Waals surface area contributed by atoms with Gasteiger partial charge in [-0.3, -0.25) is 10.2 Å². The van der Waals surface area contributed by atoms with Crippen LogP contribution in [0.25, 0.3) is 0 Å². The molecular weight excluding hydrogens is 316 g/mol. The number of nitrogens with zero attached hydrogens (tertiary/aromatic N) is 1. The van der Waals surface area contributed by atoms with Gasteiger partial charge in [-0.1, -0.05) is 38.3 Å². The van der Waals surface area contributed by atoms with Gasteiger partial charge in [-0.2, -0.15) is 0 Å². The summed E-state index contributed by atoms with van der Waals surface area (Å²) in [5.74, 6) is 0. The minimum atomic E-state index is -0.392. The Hall–Kier alpha value is -1.59. The summed E-state index contributed by atoms with van der Waals surface area (Å²) in [6.45, 7) is 7.06. The molecule has 0 radical (unpaired) electrons. The summed E-state index contributed by atoms with van der Waals surface area (Å²) in [6, 6.07) is 7.74. The van der Waals surface area contributed by atoms with Crippen LogP contribution in [0.4, 0.5) is 10.5 Å². The molecule has 1 aromatic rings. The first-order valence-corrected chi connectivity index (χ1v) is 9.60. The van der Waals surface area contributed by atoms with Crippen LogP contribution in [0, 0.1) is 0 Å². The number of hydrogen-bond acceptors (Lipinski definition) is 4. The Balaban J connectivity index is 1.62. The second-order valence-corrected chi connectivity index (χ2v) is 6.62. The van der Waals surface area contributed by atoms with Gasteiger partial charge < -0.3 is 9.47 Å². The number of unbranched alkanes of at least 4 members (excludes halogenated alkanes) is 3. The third kappa shape index (κ3) is 8.36. The summed E-state index contributed by atoms with van der Waals surface area (Å²) in [7, 11) is 0. The number of carbonyl (C=O) groups excluding carboxylic acids is 1. The van der Waals surface area contributed by atoms with Gasteiger partial charge in [-0.15, -0.1) is 0 Å². The van der Waals surface area contributed by atoms with Gasteiger partial charge in [0.15, 0.2) is 0 Å². The SMILES string of the molecule is CCCCCCOCc1cccc(NC(=O)OCCN2CCCC2)c1. The molecular formula is C20H32N2O3. The molecule has 0 atom stereocenters. The number of ether oxygens (including phenoxy) is 2. The van der Waals surface area contributed by atoms with E-state index in [1.54, 1.807) is 0 Å². The van der Waals surface area contributed by atoms with E-state index in [4.69, 9.17) is 9.47 Å². The van der Waals surface area contributed by atoms with Crippen molar-refractivity contribution in [2.45, 2.75) is 52.1 Å². The molecule has 5 heteroatoms. The number of anilines is 1. The minimum absolute atomic E-state index is 0.392. The Morgan fingerprint density at radius 2 is 2.00 bits per heavy atom. The van der Waals surface area contributed by atoms with Crippen LogP contribution in [0.15, 0.2) is 24.3 Å². The summed E-state index contributed by atoms with van der Waals surface area (Å²) in [5.41, 5.74) is 1.81. The van der Waals surface area contributed by atoms with Crippen molar-refractivity contribution in [1.29, 1.82) is 0 Å². The molecule has 1 amide bonds. The Morgan fingerprint density at radius 3 is 2.80 bits per heavy atom. The molecule has 0 bridgehead atoms. The fourth-order valence-corrected chi connectivity index (χ4v) is 2.99. The molecule has 0 spiro atoms. The topological polar surface area (TPSA) is 50.8 Å². The van der Waals surface area contributed by atoms with E-state index in [-0.39, 0.29) is 0 Å². The Bertz CT molecular complexity index is 501. The molecule has 0 aliphatic carbocycles. The first-order valence-electron chi connectivity index (χ1n) is 9.60. The number of rotatable bonds is 11. The molecule has 25 heavy (non-hydrogen) atoms. The molecule has 1 fully saturated rings. The van der Waals surface area contributed by atoms with Crippen molar-refractivity contribution in [2.75, 3.05) is 38.2 Å². The normalized spacial score (nSPS) is 14.6. The highest BCUT2D eigenvalue weighted by Crippen LogP contribution is 2.13. The molecule has 0 aromatic heterocycles. The number of likely N-dealkylation sites (tertiary alicyclic amines) is 1. The number of benzene rings is 1. The number of amides is 1. The van der Waals surface area contributed by atoms with Crippen LogP contribution in [0.5, 0.6) is 0 Å². The maximum absolute atomic E-state index is 11.9. The van der Waals surface area contributed by atoms with E-state index in [0.717, 1.165) is 43.9 Å². The zero-order valence-electron chi connectivity index (χ0n) is 15.5. The van der Waals surface area contributed by atoms with Gasteiger partial charge in [0.2, 0.25) is 0 Å². The summed E-state index contributed by atoms with van der Waals surface area (Å²) in [6.07, 6.45) is 6.94. The highest BCUT2D eigenvalue weighted by atomic mass is 16.5. The van der Waals surface area contributed by atoms with Gasteiger partial charge in [0, 0.05) is 18.8 Å². The smallest absolute Gasteiger partial charge is 0.411 e. The van der Waals surface area contributed by atoms with Crippen molar-refractivity contribution >= 4 is 11.8 Å². The van der Waals surface area contributed by atoms with Gasteiger partial charge in [0.1, 0.15) is 6.61 Å². The molecule has 140 valence electrons. The van der Waals surface area contributed by atoms with Crippen molar-refractivity contribution in [3.8, 4) is 0 Å². The molecule has 2 rings (SSSR count). The van der Waals surface area contributed by atoms with E-state index < -0.39 is 6.09 Å². The lowest BCUT2D eigenvalue weighted by Gasteiger charge is -2.14. The van der Waals surface area contributed by atoms with Crippen LogP contribution in [-0.4, -0.2) is 43.8 Å². The standard InChI is InChI=1S/C20H32N2O3/c1-2-3-4-7-14-24-17-18-9-8-10-19(16-18)21-20(23)25-15-13-22-11-5-6-12-22/h8-10,16H,2-7,11-15,17H2,1H3,(H,21,23). The fourth-order valence-electron chi connectivity index (χ4n) is 2.99. The van der Waals surface area contributed by atoms with Crippen molar-refractivity contribution in [2.24, 2.45) is 0 Å². The summed E-state index contributed by atoms with van der Waals surface area (Å²) in [4.78, 5) is 14.2. The Labute approximate surface area is 151 Å². The quantitative estimate of drug-likeness (QED) is 0.601. The maximum atomic E-state index is 11.9. The van der Waals surface area contributed by atoms with Crippen molar-refractivity contribution < 1.29 is 14.3 Å². The largest absolute Gasteiger partial charge is 0.448 e. The summed E-state index contributed by atoms with van der Waals surface area (Å²) < 4.78 is 11.0. The average Bonchev–Trinajstić information content (AvgIpc) is 3.12. The zero-order chi connectivity index (χ0) is 17.7. The van der Waals surface area contributed by atoms with E-state index in [1.807, 2.05) is 24.3 Å². The lowest BCUT2D eigenvalue weighted by atomic mass is 10.2. The van der Waals surface area contributed by atoms with E-state index in [0.29, 0.717) is 13.2 Å². The van der Waals surface area contributed by atoms with E-state index in [2.05, 4.69) is 17.1 Å². The highest BCUT2D eigenvalue weighted by molar-refractivity contribution is 5.84. The third-order valence-corrected chi connectivity index (χ3v) is 4.42. The average molecular weight is 348 g/mol. The second-order valence-electron chi connectivity index (χ2n) is 6.62. The van der Waals surface area contributed by atoms with Crippen LogP contribution >= 0.6 is 0 Å². The number of nitrogens with one attached hydrogen (secondary N) is 1. The van der Waals surface area contributed by atoms with Crippen LogP contribution < -0.4 is 5.32 Å². The Morgan fingerprint density at radius 1 is 1.16 bits per heavy atom. The van der Waals surface area contributed by atoms with E-state index in [1.165, 1.54) is 32.1 Å². The molecule has 1 aliphatic heterocycles. The lowest BCUT2D eigenvalue weighted by Crippen LogP contribution is -2.26. The van der Waals surface area contributed by atoms with Gasteiger partial charge in [-0.05, 0) is 50.0 Å². The molecule has 5 nitrogen and oxygen atoms in total.